The minimum atomic E-state index is 0. The normalized spacial score (nSPS) is 18.9. The summed E-state index contributed by atoms with van der Waals surface area (Å²) in [7, 11) is 0. The number of nitrogens with one attached hydrogen (secondary N) is 1. The molecule has 5 nitrogen and oxygen atoms in total. The average Bonchev–Trinajstić information content (AvgIpc) is 3.09. The van der Waals surface area contributed by atoms with Crippen LogP contribution >= 0.6 is 36.4 Å². The first-order valence-corrected chi connectivity index (χ1v) is 9.24. The summed E-state index contributed by atoms with van der Waals surface area (Å²) in [5.41, 5.74) is 6.62. The van der Waals surface area contributed by atoms with Crippen LogP contribution < -0.4 is 11.1 Å². The number of hydrogen-bond acceptors (Lipinski definition) is 4. The molecule has 27 heavy (non-hydrogen) atoms. The van der Waals surface area contributed by atoms with Crippen molar-refractivity contribution in [2.45, 2.75) is 44.6 Å². The summed E-state index contributed by atoms with van der Waals surface area (Å²) in [4.78, 5) is 16.5. The van der Waals surface area contributed by atoms with Gasteiger partial charge in [-0.05, 0) is 37.4 Å². The second kappa shape index (κ2) is 11.5. The highest BCUT2D eigenvalue weighted by Gasteiger charge is 2.25. The summed E-state index contributed by atoms with van der Waals surface area (Å²) in [6.45, 7) is 0.631. The Balaban J connectivity index is 0.00000182. The fraction of sp³-hybridized carbons (Fsp3) is 0.474. The Kier molecular flexibility index (Phi) is 10.2. The molecular formula is C19H26Cl3N3O2. The lowest BCUT2D eigenvalue weighted by Crippen LogP contribution is -2.44. The smallest absolute Gasteiger partial charge is 0.220 e. The van der Waals surface area contributed by atoms with Crippen LogP contribution in [0.4, 0.5) is 0 Å². The van der Waals surface area contributed by atoms with E-state index in [1.807, 2.05) is 24.3 Å². The molecule has 1 amide bonds. The summed E-state index contributed by atoms with van der Waals surface area (Å²) < 4.78 is 5.74. The molecule has 2 aromatic rings. The van der Waals surface area contributed by atoms with Crippen LogP contribution in [-0.4, -0.2) is 23.5 Å². The lowest BCUT2D eigenvalue weighted by Gasteiger charge is -2.31. The Bertz CT molecular complexity index is 724. The van der Waals surface area contributed by atoms with Crippen molar-refractivity contribution in [2.75, 3.05) is 6.54 Å². The maximum Gasteiger partial charge on any atom is 0.220 e. The quantitative estimate of drug-likeness (QED) is 0.706. The van der Waals surface area contributed by atoms with E-state index in [0.29, 0.717) is 42.0 Å². The lowest BCUT2D eigenvalue weighted by molar-refractivity contribution is -0.122. The number of halogens is 3. The SMILES string of the molecule is Cl.Cl.NCC1CCCCC1NC(=O)CCc1ncc(-c2ccccc2Cl)o1. The number of oxazole rings is 1. The molecule has 1 aliphatic carbocycles. The second-order valence-corrected chi connectivity index (χ2v) is 6.96. The van der Waals surface area contributed by atoms with Crippen LogP contribution in [0, 0.1) is 5.92 Å². The minimum Gasteiger partial charge on any atom is -0.441 e. The van der Waals surface area contributed by atoms with E-state index in [1.54, 1.807) is 6.20 Å². The van der Waals surface area contributed by atoms with Gasteiger partial charge in [-0.1, -0.05) is 36.6 Å². The maximum absolute atomic E-state index is 12.2. The Labute approximate surface area is 177 Å². The van der Waals surface area contributed by atoms with Crippen molar-refractivity contribution >= 4 is 42.3 Å². The lowest BCUT2D eigenvalue weighted by atomic mass is 9.84. The molecule has 1 aromatic carbocycles. The number of amides is 1. The van der Waals surface area contributed by atoms with Crippen molar-refractivity contribution in [1.82, 2.24) is 10.3 Å². The van der Waals surface area contributed by atoms with Gasteiger partial charge in [-0.2, -0.15) is 0 Å². The van der Waals surface area contributed by atoms with Gasteiger partial charge in [0.2, 0.25) is 5.91 Å². The van der Waals surface area contributed by atoms with Crippen LogP contribution in [0.3, 0.4) is 0 Å². The van der Waals surface area contributed by atoms with Crippen LogP contribution in [-0.2, 0) is 11.2 Å². The molecule has 0 saturated heterocycles. The van der Waals surface area contributed by atoms with E-state index in [-0.39, 0.29) is 36.8 Å². The van der Waals surface area contributed by atoms with E-state index in [2.05, 4.69) is 10.3 Å². The Hall–Kier alpha value is -1.27. The van der Waals surface area contributed by atoms with Gasteiger partial charge < -0.3 is 15.5 Å². The van der Waals surface area contributed by atoms with Gasteiger partial charge in [0.15, 0.2) is 11.7 Å². The van der Waals surface area contributed by atoms with Gasteiger partial charge in [-0.25, -0.2) is 4.98 Å². The molecule has 3 rings (SSSR count). The first kappa shape index (κ1) is 23.8. The van der Waals surface area contributed by atoms with E-state index in [9.17, 15) is 4.79 Å². The molecule has 1 heterocycles. The van der Waals surface area contributed by atoms with Gasteiger partial charge in [0, 0.05) is 24.4 Å². The largest absolute Gasteiger partial charge is 0.441 e. The molecule has 1 aliphatic rings. The van der Waals surface area contributed by atoms with Gasteiger partial charge in [-0.15, -0.1) is 24.8 Å². The summed E-state index contributed by atoms with van der Waals surface area (Å²) in [6, 6.07) is 7.66. The summed E-state index contributed by atoms with van der Waals surface area (Å²) in [5, 5.41) is 3.75. The van der Waals surface area contributed by atoms with Gasteiger partial charge in [0.1, 0.15) is 0 Å². The van der Waals surface area contributed by atoms with Crippen molar-refractivity contribution in [3.8, 4) is 11.3 Å². The zero-order valence-corrected chi connectivity index (χ0v) is 17.4. The van der Waals surface area contributed by atoms with E-state index in [1.165, 1.54) is 6.42 Å². The third-order valence-corrected chi connectivity index (χ3v) is 5.15. The molecule has 0 bridgehead atoms. The van der Waals surface area contributed by atoms with Crippen molar-refractivity contribution < 1.29 is 9.21 Å². The molecule has 1 fully saturated rings. The summed E-state index contributed by atoms with van der Waals surface area (Å²) in [6.07, 6.45) is 6.95. The van der Waals surface area contributed by atoms with Gasteiger partial charge in [-0.3, -0.25) is 4.79 Å². The Morgan fingerprint density at radius 1 is 1.26 bits per heavy atom. The average molecular weight is 435 g/mol. The summed E-state index contributed by atoms with van der Waals surface area (Å²) >= 11 is 6.17. The molecule has 3 N–H and O–H groups in total. The molecule has 1 aromatic heterocycles. The van der Waals surface area contributed by atoms with E-state index < -0.39 is 0 Å². The zero-order chi connectivity index (χ0) is 17.6. The molecule has 150 valence electrons. The monoisotopic (exact) mass is 433 g/mol. The Morgan fingerprint density at radius 2 is 2.00 bits per heavy atom. The number of benzene rings is 1. The predicted molar refractivity (Wildman–Crippen MR) is 113 cm³/mol. The first-order chi connectivity index (χ1) is 12.2. The van der Waals surface area contributed by atoms with Crippen LogP contribution in [0.1, 0.15) is 38.0 Å². The van der Waals surface area contributed by atoms with Crippen LogP contribution in [0.25, 0.3) is 11.3 Å². The molecule has 1 saturated carbocycles. The molecule has 2 atom stereocenters. The van der Waals surface area contributed by atoms with Crippen LogP contribution in [0.15, 0.2) is 34.9 Å². The molecule has 0 radical (unpaired) electrons. The second-order valence-electron chi connectivity index (χ2n) is 6.55. The number of aryl methyl sites for hydroxylation is 1. The van der Waals surface area contributed by atoms with E-state index >= 15 is 0 Å². The highest BCUT2D eigenvalue weighted by molar-refractivity contribution is 6.33. The number of aromatic nitrogens is 1. The van der Waals surface area contributed by atoms with Crippen molar-refractivity contribution in [3.05, 3.63) is 41.4 Å². The van der Waals surface area contributed by atoms with Crippen molar-refractivity contribution in [2.24, 2.45) is 11.7 Å². The number of rotatable bonds is 6. The van der Waals surface area contributed by atoms with Gasteiger partial charge in [0.05, 0.1) is 11.2 Å². The number of hydrogen-bond donors (Lipinski definition) is 2. The Morgan fingerprint density at radius 3 is 2.74 bits per heavy atom. The number of carbonyl (C=O) groups is 1. The van der Waals surface area contributed by atoms with E-state index in [4.69, 9.17) is 21.8 Å². The summed E-state index contributed by atoms with van der Waals surface area (Å²) in [5.74, 6) is 1.59. The van der Waals surface area contributed by atoms with Crippen molar-refractivity contribution in [1.29, 1.82) is 0 Å². The minimum absolute atomic E-state index is 0. The molecular weight excluding hydrogens is 409 g/mol. The topological polar surface area (TPSA) is 81.1 Å². The zero-order valence-electron chi connectivity index (χ0n) is 15.0. The fourth-order valence-electron chi connectivity index (χ4n) is 3.39. The molecule has 0 spiro atoms. The number of nitrogens with two attached hydrogens (primary N) is 1. The fourth-order valence-corrected chi connectivity index (χ4v) is 3.62. The van der Waals surface area contributed by atoms with Gasteiger partial charge in [0.25, 0.3) is 0 Å². The van der Waals surface area contributed by atoms with Crippen molar-refractivity contribution in [3.63, 3.8) is 0 Å². The predicted octanol–water partition coefficient (Wildman–Crippen LogP) is 4.40. The maximum atomic E-state index is 12.2. The van der Waals surface area contributed by atoms with Gasteiger partial charge >= 0.3 is 0 Å². The molecule has 2 unspecified atom stereocenters. The molecule has 0 aliphatic heterocycles. The van der Waals surface area contributed by atoms with E-state index in [0.717, 1.165) is 24.8 Å². The van der Waals surface area contributed by atoms with Crippen LogP contribution in [0.5, 0.6) is 0 Å². The first-order valence-electron chi connectivity index (χ1n) is 8.86. The third kappa shape index (κ3) is 6.39. The highest BCUT2D eigenvalue weighted by Crippen LogP contribution is 2.28. The number of nitrogens with zero attached hydrogens (tertiary/aromatic N) is 1. The highest BCUT2D eigenvalue weighted by atomic mass is 35.5. The third-order valence-electron chi connectivity index (χ3n) is 4.82. The number of carbonyl (C=O) groups excluding carboxylic acids is 1. The standard InChI is InChI=1S/C19H24ClN3O2.2ClH/c20-15-7-3-2-6-14(15)17-12-22-19(25-17)10-9-18(24)23-16-8-4-1-5-13(16)11-21;;/h2-3,6-7,12-13,16H,1,4-5,8-11,21H2,(H,23,24);2*1H. The molecule has 8 heteroatoms. The van der Waals surface area contributed by atoms with Crippen LogP contribution in [0.2, 0.25) is 5.02 Å².